The minimum atomic E-state index is -1.02. The average Bonchev–Trinajstić information content (AvgIpc) is 3.04. The average molecular weight is 364 g/mol. The quantitative estimate of drug-likeness (QED) is 0.773. The summed E-state index contributed by atoms with van der Waals surface area (Å²) in [5, 5.41) is 11.9. The number of carbonyl (C=O) groups excluding carboxylic acids is 2. The molecule has 7 heteroatoms. The van der Waals surface area contributed by atoms with Gasteiger partial charge in [-0.3, -0.25) is 9.59 Å². The normalized spacial score (nSPS) is 16.9. The molecule has 1 aliphatic heterocycles. The van der Waals surface area contributed by atoms with Crippen LogP contribution in [0.5, 0.6) is 0 Å². The van der Waals surface area contributed by atoms with Gasteiger partial charge in [0.1, 0.15) is 6.04 Å². The summed E-state index contributed by atoms with van der Waals surface area (Å²) in [5.74, 6) is 0.300. The fourth-order valence-corrected chi connectivity index (χ4v) is 3.78. The molecule has 2 amide bonds. The monoisotopic (exact) mass is 364 g/mol. The van der Waals surface area contributed by atoms with Crippen molar-refractivity contribution >= 4 is 29.5 Å². The van der Waals surface area contributed by atoms with Crippen LogP contribution in [0.15, 0.2) is 24.3 Å². The first-order chi connectivity index (χ1) is 11.9. The van der Waals surface area contributed by atoms with Gasteiger partial charge in [0.05, 0.1) is 17.9 Å². The van der Waals surface area contributed by atoms with Crippen molar-refractivity contribution in [2.75, 3.05) is 18.2 Å². The van der Waals surface area contributed by atoms with E-state index in [2.05, 4.69) is 19.2 Å². The molecule has 6 nitrogen and oxygen atoms in total. The number of nitrogens with one attached hydrogen (secondary N) is 1. The third-order valence-electron chi connectivity index (χ3n) is 4.06. The standard InChI is InChI=1S/C18H24N2O4S/c1-12(2)6-7-19-17(22)15-10-25-11-20(15)16(21)9-13-4-3-5-14(8-13)18(23)24/h3-5,8,12,15H,6-7,9-11H2,1-2H3,(H,19,22)(H,23,24). The van der Waals surface area contributed by atoms with Crippen LogP contribution in [0.4, 0.5) is 0 Å². The maximum absolute atomic E-state index is 12.6. The Hall–Kier alpha value is -2.02. The highest BCUT2D eigenvalue weighted by atomic mass is 32.2. The van der Waals surface area contributed by atoms with Gasteiger partial charge in [-0.15, -0.1) is 11.8 Å². The van der Waals surface area contributed by atoms with E-state index in [4.69, 9.17) is 5.11 Å². The van der Waals surface area contributed by atoms with Crippen LogP contribution >= 0.6 is 11.8 Å². The lowest BCUT2D eigenvalue weighted by atomic mass is 10.1. The van der Waals surface area contributed by atoms with Gasteiger partial charge in [0.2, 0.25) is 11.8 Å². The van der Waals surface area contributed by atoms with Gasteiger partial charge in [0.25, 0.3) is 0 Å². The molecule has 0 bridgehead atoms. The third kappa shape index (κ3) is 5.49. The van der Waals surface area contributed by atoms with Gasteiger partial charge in [-0.25, -0.2) is 4.79 Å². The number of carboxylic acids is 1. The van der Waals surface area contributed by atoms with Crippen LogP contribution in [-0.2, 0) is 16.0 Å². The number of amides is 2. The molecule has 136 valence electrons. The summed E-state index contributed by atoms with van der Waals surface area (Å²) in [4.78, 5) is 37.5. The molecule has 1 atom stereocenters. The lowest BCUT2D eigenvalue weighted by molar-refractivity contribution is -0.137. The Labute approximate surface area is 152 Å². The van der Waals surface area contributed by atoms with E-state index < -0.39 is 12.0 Å². The summed E-state index contributed by atoms with van der Waals surface area (Å²) in [6.07, 6.45) is 0.999. The highest BCUT2D eigenvalue weighted by Crippen LogP contribution is 2.22. The van der Waals surface area contributed by atoms with Gasteiger partial charge >= 0.3 is 5.97 Å². The minimum Gasteiger partial charge on any atom is -0.478 e. The van der Waals surface area contributed by atoms with Crippen LogP contribution in [0.2, 0.25) is 0 Å². The van der Waals surface area contributed by atoms with Gasteiger partial charge in [0.15, 0.2) is 0 Å². The van der Waals surface area contributed by atoms with Crippen LogP contribution < -0.4 is 5.32 Å². The molecular formula is C18H24N2O4S. The second-order valence-corrected chi connectivity index (χ2v) is 7.53. The lowest BCUT2D eigenvalue weighted by Crippen LogP contribution is -2.48. The predicted octanol–water partition coefficient (Wildman–Crippen LogP) is 1.99. The van der Waals surface area contributed by atoms with Gasteiger partial charge in [-0.2, -0.15) is 0 Å². The molecule has 1 aromatic carbocycles. The number of hydrogen-bond acceptors (Lipinski definition) is 4. The SMILES string of the molecule is CC(C)CCNC(=O)C1CSCN1C(=O)Cc1cccc(C(=O)O)c1. The van der Waals surface area contributed by atoms with Gasteiger partial charge < -0.3 is 15.3 Å². The Morgan fingerprint density at radius 2 is 2.12 bits per heavy atom. The molecule has 0 aliphatic carbocycles. The Bertz CT molecular complexity index is 648. The van der Waals surface area contributed by atoms with Crippen molar-refractivity contribution in [3.63, 3.8) is 0 Å². The van der Waals surface area contributed by atoms with Crippen molar-refractivity contribution in [1.29, 1.82) is 0 Å². The Kier molecular flexibility index (Phi) is 6.87. The molecule has 0 saturated carbocycles. The van der Waals surface area contributed by atoms with Crippen molar-refractivity contribution in [3.8, 4) is 0 Å². The lowest BCUT2D eigenvalue weighted by Gasteiger charge is -2.23. The number of aromatic carboxylic acids is 1. The molecule has 1 aromatic rings. The molecule has 1 unspecified atom stereocenters. The van der Waals surface area contributed by atoms with Crippen molar-refractivity contribution in [1.82, 2.24) is 10.2 Å². The molecule has 1 saturated heterocycles. The summed E-state index contributed by atoms with van der Waals surface area (Å²) >= 11 is 1.56. The Morgan fingerprint density at radius 1 is 1.36 bits per heavy atom. The summed E-state index contributed by atoms with van der Waals surface area (Å²) in [7, 11) is 0. The summed E-state index contributed by atoms with van der Waals surface area (Å²) in [6, 6.07) is 5.90. The third-order valence-corrected chi connectivity index (χ3v) is 5.07. The summed E-state index contributed by atoms with van der Waals surface area (Å²) in [5.41, 5.74) is 0.796. The van der Waals surface area contributed by atoms with Crippen LogP contribution in [0.1, 0.15) is 36.2 Å². The van der Waals surface area contributed by atoms with E-state index in [1.807, 2.05) is 0 Å². The largest absolute Gasteiger partial charge is 0.478 e. The number of rotatable bonds is 7. The molecule has 1 aliphatic rings. The van der Waals surface area contributed by atoms with Crippen molar-refractivity contribution in [3.05, 3.63) is 35.4 Å². The molecular weight excluding hydrogens is 340 g/mol. The Morgan fingerprint density at radius 3 is 2.80 bits per heavy atom. The van der Waals surface area contributed by atoms with E-state index in [-0.39, 0.29) is 23.8 Å². The van der Waals surface area contributed by atoms with Gasteiger partial charge in [-0.05, 0) is 30.0 Å². The van der Waals surface area contributed by atoms with Crippen molar-refractivity contribution in [2.45, 2.75) is 32.7 Å². The molecule has 25 heavy (non-hydrogen) atoms. The zero-order valence-corrected chi connectivity index (χ0v) is 15.3. The van der Waals surface area contributed by atoms with E-state index in [9.17, 15) is 14.4 Å². The topological polar surface area (TPSA) is 86.7 Å². The smallest absolute Gasteiger partial charge is 0.335 e. The number of hydrogen-bond donors (Lipinski definition) is 2. The first-order valence-corrected chi connectivity index (χ1v) is 9.51. The molecule has 0 spiro atoms. The van der Waals surface area contributed by atoms with E-state index in [0.29, 0.717) is 29.7 Å². The molecule has 2 rings (SSSR count). The fourth-order valence-electron chi connectivity index (χ4n) is 2.60. The number of carboxylic acid groups (broad SMARTS) is 1. The van der Waals surface area contributed by atoms with E-state index in [1.54, 1.807) is 28.8 Å². The fraction of sp³-hybridized carbons (Fsp3) is 0.500. The Balaban J connectivity index is 1.96. The zero-order chi connectivity index (χ0) is 18.4. The molecule has 0 radical (unpaired) electrons. The van der Waals surface area contributed by atoms with Gasteiger partial charge in [0, 0.05) is 12.3 Å². The number of thioether (sulfide) groups is 1. The molecule has 0 aromatic heterocycles. The van der Waals surface area contributed by atoms with Crippen molar-refractivity contribution in [2.24, 2.45) is 5.92 Å². The van der Waals surface area contributed by atoms with Crippen LogP contribution in [0, 0.1) is 5.92 Å². The van der Waals surface area contributed by atoms with Crippen LogP contribution in [-0.4, -0.2) is 52.0 Å². The molecule has 1 heterocycles. The maximum Gasteiger partial charge on any atom is 0.335 e. The van der Waals surface area contributed by atoms with E-state index >= 15 is 0 Å². The molecule has 2 N–H and O–H groups in total. The minimum absolute atomic E-state index is 0.0947. The van der Waals surface area contributed by atoms with Gasteiger partial charge in [-0.1, -0.05) is 26.0 Å². The summed E-state index contributed by atoms with van der Waals surface area (Å²) < 4.78 is 0. The summed E-state index contributed by atoms with van der Waals surface area (Å²) in [6.45, 7) is 4.80. The van der Waals surface area contributed by atoms with E-state index in [1.165, 1.54) is 12.1 Å². The number of nitrogens with zero attached hydrogens (tertiary/aromatic N) is 1. The van der Waals surface area contributed by atoms with Crippen molar-refractivity contribution < 1.29 is 19.5 Å². The van der Waals surface area contributed by atoms with Crippen LogP contribution in [0.25, 0.3) is 0 Å². The number of carbonyl (C=O) groups is 3. The maximum atomic E-state index is 12.6. The molecule has 1 fully saturated rings. The highest BCUT2D eigenvalue weighted by Gasteiger charge is 2.34. The number of benzene rings is 1. The second kappa shape index (κ2) is 8.89. The first-order valence-electron chi connectivity index (χ1n) is 8.35. The zero-order valence-electron chi connectivity index (χ0n) is 14.5. The van der Waals surface area contributed by atoms with E-state index in [0.717, 1.165) is 6.42 Å². The highest BCUT2D eigenvalue weighted by molar-refractivity contribution is 7.99. The van der Waals surface area contributed by atoms with Crippen LogP contribution in [0.3, 0.4) is 0 Å². The predicted molar refractivity (Wildman–Crippen MR) is 97.5 cm³/mol. The first kappa shape index (κ1) is 19.3. The second-order valence-electron chi connectivity index (χ2n) is 6.54.